The van der Waals surface area contributed by atoms with Crippen molar-refractivity contribution in [3.63, 3.8) is 0 Å². The predicted molar refractivity (Wildman–Crippen MR) is 132 cm³/mol. The summed E-state index contributed by atoms with van der Waals surface area (Å²) in [6, 6.07) is 13.5. The Hall–Kier alpha value is -3.78. The standard InChI is InChI=1S/C25H23N5O2S/c1-3-20-21(18-10-6-8-15-7-4-5-9-17(15)18)22-23(26-13-27-24(22)33-20)29-19(25(31)32)11-16-12-30(2)14-28-16/h4-10,12-14,19H,3,11H2,1-2H3,(H,31,32)(H,26,27,29)/t19-/m0/s1/i2D. The molecule has 0 bridgehead atoms. The van der Waals surface area contributed by atoms with Crippen LogP contribution in [-0.4, -0.2) is 36.6 Å². The van der Waals surface area contributed by atoms with Crippen molar-refractivity contribution in [3.05, 3.63) is 71.9 Å². The average Bonchev–Trinajstić information content (AvgIpc) is 3.47. The van der Waals surface area contributed by atoms with Gasteiger partial charge in [-0.15, -0.1) is 11.3 Å². The third kappa shape index (κ3) is 3.93. The van der Waals surface area contributed by atoms with Crippen LogP contribution in [-0.2, 0) is 24.7 Å². The van der Waals surface area contributed by atoms with E-state index in [1.54, 1.807) is 22.1 Å². The maximum absolute atomic E-state index is 12.1. The van der Waals surface area contributed by atoms with Gasteiger partial charge in [-0.05, 0) is 22.8 Å². The summed E-state index contributed by atoms with van der Waals surface area (Å²) in [7, 11) is 0.0355. The summed E-state index contributed by atoms with van der Waals surface area (Å²) >= 11 is 1.61. The zero-order valence-electron chi connectivity index (χ0n) is 19.0. The van der Waals surface area contributed by atoms with Crippen LogP contribution in [0.25, 0.3) is 32.1 Å². The molecule has 3 aromatic heterocycles. The van der Waals surface area contributed by atoms with Gasteiger partial charge in [0.15, 0.2) is 0 Å². The van der Waals surface area contributed by atoms with Gasteiger partial charge in [-0.3, -0.25) is 0 Å². The molecule has 7 nitrogen and oxygen atoms in total. The van der Waals surface area contributed by atoms with Crippen molar-refractivity contribution in [3.8, 4) is 11.1 Å². The van der Waals surface area contributed by atoms with Gasteiger partial charge in [-0.25, -0.2) is 19.7 Å². The number of hydrogen-bond acceptors (Lipinski definition) is 6. The van der Waals surface area contributed by atoms with E-state index in [1.807, 2.05) is 18.2 Å². The lowest BCUT2D eigenvalue weighted by molar-refractivity contribution is -0.137. The lowest BCUT2D eigenvalue weighted by Crippen LogP contribution is -2.32. The first-order chi connectivity index (χ1) is 16.6. The molecular formula is C25H23N5O2S. The maximum atomic E-state index is 12.1. The molecule has 166 valence electrons. The number of nitrogens with zero attached hydrogens (tertiary/aromatic N) is 4. The normalized spacial score (nSPS) is 12.7. The van der Waals surface area contributed by atoms with E-state index in [9.17, 15) is 9.90 Å². The van der Waals surface area contributed by atoms with Crippen LogP contribution >= 0.6 is 11.3 Å². The number of benzene rings is 2. The van der Waals surface area contributed by atoms with E-state index in [0.717, 1.165) is 38.5 Å². The van der Waals surface area contributed by atoms with Gasteiger partial charge in [-0.1, -0.05) is 49.4 Å². The molecule has 0 aliphatic rings. The summed E-state index contributed by atoms with van der Waals surface area (Å²) in [4.78, 5) is 27.4. The van der Waals surface area contributed by atoms with Crippen LogP contribution < -0.4 is 5.32 Å². The van der Waals surface area contributed by atoms with Crippen molar-refractivity contribution in [2.75, 3.05) is 5.32 Å². The number of aliphatic carboxylic acids is 1. The summed E-state index contributed by atoms with van der Waals surface area (Å²) in [5.41, 5.74) is 2.73. The number of aryl methyl sites for hydroxylation is 2. The van der Waals surface area contributed by atoms with Crippen LogP contribution in [0.1, 0.15) is 18.9 Å². The Morgan fingerprint density at radius 3 is 2.85 bits per heavy atom. The molecule has 0 fully saturated rings. The molecule has 5 rings (SSSR count). The lowest BCUT2D eigenvalue weighted by atomic mass is 9.96. The Morgan fingerprint density at radius 2 is 2.06 bits per heavy atom. The second-order valence-corrected chi connectivity index (χ2v) is 8.89. The minimum absolute atomic E-state index is 0.0355. The number of aromatic nitrogens is 4. The van der Waals surface area contributed by atoms with E-state index in [0.29, 0.717) is 11.5 Å². The SMILES string of the molecule is [2H]Cn1cnc(C[C@H](Nc2ncnc3sc(CC)c(-c4cccc5ccccc45)c23)C(=O)O)c1. The molecule has 5 aromatic rings. The van der Waals surface area contributed by atoms with E-state index in [1.165, 1.54) is 17.5 Å². The smallest absolute Gasteiger partial charge is 0.326 e. The van der Waals surface area contributed by atoms with Crippen LogP contribution in [0.3, 0.4) is 0 Å². The Bertz CT molecular complexity index is 1490. The zero-order chi connectivity index (χ0) is 23.7. The molecule has 0 spiro atoms. The fraction of sp³-hybridized carbons (Fsp3) is 0.200. The summed E-state index contributed by atoms with van der Waals surface area (Å²) in [6.07, 6.45) is 5.70. The Morgan fingerprint density at radius 1 is 1.21 bits per heavy atom. The van der Waals surface area contributed by atoms with Crippen molar-refractivity contribution in [1.29, 1.82) is 0 Å². The van der Waals surface area contributed by atoms with Crippen LogP contribution in [0.4, 0.5) is 5.82 Å². The third-order valence-corrected chi connectivity index (χ3v) is 6.89. The van der Waals surface area contributed by atoms with Gasteiger partial charge in [-0.2, -0.15) is 0 Å². The van der Waals surface area contributed by atoms with Gasteiger partial charge >= 0.3 is 5.97 Å². The number of carboxylic acid groups (broad SMARTS) is 1. The highest BCUT2D eigenvalue weighted by Crippen LogP contribution is 2.43. The minimum atomic E-state index is -0.996. The molecule has 0 radical (unpaired) electrons. The molecule has 8 heteroatoms. The third-order valence-electron chi connectivity index (χ3n) is 5.65. The molecule has 2 aromatic carbocycles. The van der Waals surface area contributed by atoms with Crippen LogP contribution in [0.5, 0.6) is 0 Å². The number of nitrogens with one attached hydrogen (secondary N) is 1. The van der Waals surface area contributed by atoms with E-state index >= 15 is 0 Å². The van der Waals surface area contributed by atoms with E-state index in [-0.39, 0.29) is 13.4 Å². The molecule has 33 heavy (non-hydrogen) atoms. The van der Waals surface area contributed by atoms with Crippen LogP contribution in [0, 0.1) is 0 Å². The summed E-state index contributed by atoms with van der Waals surface area (Å²) in [5.74, 6) is -0.499. The van der Waals surface area contributed by atoms with Gasteiger partial charge < -0.3 is 15.0 Å². The van der Waals surface area contributed by atoms with E-state index < -0.39 is 12.0 Å². The lowest BCUT2D eigenvalue weighted by Gasteiger charge is -2.16. The Kier molecular flexibility index (Phi) is 5.20. The zero-order valence-corrected chi connectivity index (χ0v) is 18.8. The largest absolute Gasteiger partial charge is 0.480 e. The second-order valence-electron chi connectivity index (χ2n) is 7.80. The second kappa shape index (κ2) is 8.63. The number of anilines is 1. The summed E-state index contributed by atoms with van der Waals surface area (Å²) in [5, 5.41) is 16.2. The first-order valence-corrected chi connectivity index (χ1v) is 11.4. The first kappa shape index (κ1) is 19.9. The van der Waals surface area contributed by atoms with Crippen molar-refractivity contribution in [1.82, 2.24) is 19.5 Å². The molecule has 0 amide bonds. The highest BCUT2D eigenvalue weighted by Gasteiger charge is 2.24. The fourth-order valence-electron chi connectivity index (χ4n) is 4.15. The quantitative estimate of drug-likeness (QED) is 0.360. The number of carboxylic acids is 1. The molecule has 0 aliphatic carbocycles. The Labute approximate surface area is 196 Å². The van der Waals surface area contributed by atoms with Crippen LogP contribution in [0.15, 0.2) is 61.3 Å². The fourth-order valence-corrected chi connectivity index (χ4v) is 5.24. The molecule has 2 N–H and O–H groups in total. The number of thiophene rings is 1. The van der Waals surface area contributed by atoms with E-state index in [2.05, 4.69) is 51.5 Å². The average molecular weight is 459 g/mol. The van der Waals surface area contributed by atoms with Crippen molar-refractivity contribution >= 4 is 44.1 Å². The number of fused-ring (bicyclic) bond motifs is 2. The predicted octanol–water partition coefficient (Wildman–Crippen LogP) is 4.92. The molecule has 1 atom stereocenters. The number of hydrogen-bond donors (Lipinski definition) is 2. The van der Waals surface area contributed by atoms with Gasteiger partial charge in [0.1, 0.15) is 23.0 Å². The topological polar surface area (TPSA) is 92.9 Å². The number of carbonyl (C=O) groups is 1. The maximum Gasteiger partial charge on any atom is 0.326 e. The van der Waals surface area contributed by atoms with Gasteiger partial charge in [0.2, 0.25) is 0 Å². The number of rotatable bonds is 7. The minimum Gasteiger partial charge on any atom is -0.480 e. The highest BCUT2D eigenvalue weighted by atomic mass is 32.1. The highest BCUT2D eigenvalue weighted by molar-refractivity contribution is 7.19. The summed E-state index contributed by atoms with van der Waals surface area (Å²) < 4.78 is 9.05. The molecule has 0 saturated carbocycles. The Balaban J connectivity index is 1.63. The molecule has 0 aliphatic heterocycles. The molecule has 0 saturated heterocycles. The van der Waals surface area contributed by atoms with Crippen molar-refractivity contribution in [2.45, 2.75) is 25.8 Å². The van der Waals surface area contributed by atoms with Crippen molar-refractivity contribution in [2.24, 2.45) is 7.02 Å². The van der Waals surface area contributed by atoms with Gasteiger partial charge in [0.05, 0.1) is 17.4 Å². The monoisotopic (exact) mass is 458 g/mol. The molecule has 0 unspecified atom stereocenters. The summed E-state index contributed by atoms with van der Waals surface area (Å²) in [6.45, 7) is 2.11. The van der Waals surface area contributed by atoms with E-state index in [4.69, 9.17) is 1.37 Å². The van der Waals surface area contributed by atoms with Crippen molar-refractivity contribution < 1.29 is 11.3 Å². The first-order valence-electron chi connectivity index (χ1n) is 11.3. The van der Waals surface area contributed by atoms with Crippen LogP contribution in [0.2, 0.25) is 0 Å². The van der Waals surface area contributed by atoms with Gasteiger partial charge in [0, 0.05) is 31.5 Å². The van der Waals surface area contributed by atoms with Gasteiger partial charge in [0.25, 0.3) is 0 Å². The number of imidazole rings is 1. The molecular weight excluding hydrogens is 434 g/mol. The molecule has 3 heterocycles.